The molecule has 0 radical (unpaired) electrons. The molecule has 0 aliphatic heterocycles. The van der Waals surface area contributed by atoms with Gasteiger partial charge in [-0.1, -0.05) is 60.7 Å². The lowest BCUT2D eigenvalue weighted by molar-refractivity contribution is -0.0879. The molecule has 3 nitrogen and oxygen atoms in total. The maximum atomic E-state index is 11.2. The van der Waals surface area contributed by atoms with Gasteiger partial charge in [-0.05, 0) is 25.2 Å². The third kappa shape index (κ3) is 3.91. The molecule has 0 amide bonds. The van der Waals surface area contributed by atoms with Gasteiger partial charge in [-0.25, -0.2) is 0 Å². The summed E-state index contributed by atoms with van der Waals surface area (Å²) in [6, 6.07) is 19.2. The van der Waals surface area contributed by atoms with Gasteiger partial charge < -0.3 is 15.1 Å². The summed E-state index contributed by atoms with van der Waals surface area (Å²) in [6.07, 6.45) is -0.484. The van der Waals surface area contributed by atoms with Crippen LogP contribution in [0.2, 0.25) is 0 Å². The van der Waals surface area contributed by atoms with Gasteiger partial charge in [0.05, 0.1) is 6.10 Å². The summed E-state index contributed by atoms with van der Waals surface area (Å²) in [5.41, 5.74) is 0.442. The third-order valence-electron chi connectivity index (χ3n) is 3.68. The molecule has 2 aromatic carbocycles. The summed E-state index contributed by atoms with van der Waals surface area (Å²) >= 11 is 0. The molecule has 2 atom stereocenters. The maximum absolute atomic E-state index is 11.2. The monoisotopic (exact) mass is 285 g/mol. The lowest BCUT2D eigenvalue weighted by atomic mass is 9.82. The summed E-state index contributed by atoms with van der Waals surface area (Å²) in [5, 5.41) is 21.7. The summed E-state index contributed by atoms with van der Waals surface area (Å²) in [4.78, 5) is 1.88. The van der Waals surface area contributed by atoms with Gasteiger partial charge >= 0.3 is 0 Å². The molecule has 0 saturated carbocycles. The first kappa shape index (κ1) is 15.7. The van der Waals surface area contributed by atoms with E-state index in [1.807, 2.05) is 79.7 Å². The highest BCUT2D eigenvalue weighted by molar-refractivity contribution is 5.28. The molecular formula is C18H23NO2. The van der Waals surface area contributed by atoms with Gasteiger partial charge in [0.1, 0.15) is 5.60 Å². The predicted octanol–water partition coefficient (Wildman–Crippen LogP) is 2.04. The first-order chi connectivity index (χ1) is 10.0. The zero-order chi connectivity index (χ0) is 15.3. The lowest BCUT2D eigenvalue weighted by Gasteiger charge is -2.35. The van der Waals surface area contributed by atoms with E-state index in [0.29, 0.717) is 13.0 Å². The van der Waals surface area contributed by atoms with Crippen LogP contribution in [0.4, 0.5) is 0 Å². The summed E-state index contributed by atoms with van der Waals surface area (Å²) < 4.78 is 0. The van der Waals surface area contributed by atoms with E-state index in [-0.39, 0.29) is 0 Å². The number of likely N-dealkylation sites (N-methyl/N-ethyl adjacent to an activating group) is 1. The SMILES string of the molecule is CN(C)C[C@@H](O)[C@](O)(Cc1ccccc1)c1ccccc1. The van der Waals surface area contributed by atoms with Crippen molar-refractivity contribution in [2.75, 3.05) is 20.6 Å². The number of aliphatic hydroxyl groups excluding tert-OH is 1. The Morgan fingerprint density at radius 2 is 1.48 bits per heavy atom. The fraction of sp³-hybridized carbons (Fsp3) is 0.333. The van der Waals surface area contributed by atoms with Crippen LogP contribution < -0.4 is 0 Å². The van der Waals surface area contributed by atoms with Crippen LogP contribution in [-0.4, -0.2) is 41.9 Å². The number of nitrogens with zero attached hydrogens (tertiary/aromatic N) is 1. The maximum Gasteiger partial charge on any atom is 0.121 e. The van der Waals surface area contributed by atoms with E-state index in [9.17, 15) is 10.2 Å². The molecular weight excluding hydrogens is 262 g/mol. The fourth-order valence-electron chi connectivity index (χ4n) is 2.54. The summed E-state index contributed by atoms with van der Waals surface area (Å²) in [6.45, 7) is 0.401. The van der Waals surface area contributed by atoms with E-state index < -0.39 is 11.7 Å². The third-order valence-corrected chi connectivity index (χ3v) is 3.68. The Morgan fingerprint density at radius 1 is 0.952 bits per heavy atom. The van der Waals surface area contributed by atoms with Crippen molar-refractivity contribution in [3.05, 3.63) is 71.8 Å². The summed E-state index contributed by atoms with van der Waals surface area (Å²) in [5.74, 6) is 0. The minimum Gasteiger partial charge on any atom is -0.388 e. The molecule has 0 fully saturated rings. The van der Waals surface area contributed by atoms with Crippen LogP contribution >= 0.6 is 0 Å². The molecule has 0 unspecified atom stereocenters. The van der Waals surface area contributed by atoms with Crippen LogP contribution in [0.5, 0.6) is 0 Å². The molecule has 0 bridgehead atoms. The van der Waals surface area contributed by atoms with E-state index in [1.54, 1.807) is 0 Å². The van der Waals surface area contributed by atoms with Gasteiger partial charge in [-0.3, -0.25) is 0 Å². The van der Waals surface area contributed by atoms with Gasteiger partial charge in [0.2, 0.25) is 0 Å². The van der Waals surface area contributed by atoms with Crippen LogP contribution in [0.25, 0.3) is 0 Å². The fourth-order valence-corrected chi connectivity index (χ4v) is 2.54. The molecule has 2 rings (SSSR count). The smallest absolute Gasteiger partial charge is 0.121 e. The molecule has 0 spiro atoms. The van der Waals surface area contributed by atoms with Gasteiger partial charge in [-0.15, -0.1) is 0 Å². The molecule has 0 heterocycles. The van der Waals surface area contributed by atoms with Gasteiger partial charge in [0.15, 0.2) is 0 Å². The molecule has 3 heteroatoms. The molecule has 0 saturated heterocycles. The van der Waals surface area contributed by atoms with Crippen LogP contribution in [0.15, 0.2) is 60.7 Å². The molecule has 2 N–H and O–H groups in total. The van der Waals surface area contributed by atoms with Crippen molar-refractivity contribution in [3.8, 4) is 0 Å². The van der Waals surface area contributed by atoms with E-state index in [1.165, 1.54) is 0 Å². The van der Waals surface area contributed by atoms with E-state index in [2.05, 4.69) is 0 Å². The Balaban J connectivity index is 2.34. The Kier molecular flexibility index (Phi) is 5.12. The van der Waals surface area contributed by atoms with Crippen molar-refractivity contribution < 1.29 is 10.2 Å². The average Bonchev–Trinajstić information content (AvgIpc) is 2.48. The Bertz CT molecular complexity index is 542. The molecule has 0 aliphatic rings. The quantitative estimate of drug-likeness (QED) is 0.853. The van der Waals surface area contributed by atoms with Crippen molar-refractivity contribution >= 4 is 0 Å². The van der Waals surface area contributed by atoms with Crippen molar-refractivity contribution in [1.82, 2.24) is 4.90 Å². The molecule has 112 valence electrons. The first-order valence-corrected chi connectivity index (χ1v) is 7.17. The van der Waals surface area contributed by atoms with E-state index in [4.69, 9.17) is 0 Å². The zero-order valence-electron chi connectivity index (χ0n) is 12.6. The van der Waals surface area contributed by atoms with Gasteiger partial charge in [-0.2, -0.15) is 0 Å². The Hall–Kier alpha value is -1.68. The summed E-state index contributed by atoms with van der Waals surface area (Å²) in [7, 11) is 3.77. The number of rotatable bonds is 6. The minimum atomic E-state index is -1.30. The Morgan fingerprint density at radius 3 is 2.00 bits per heavy atom. The van der Waals surface area contributed by atoms with Crippen molar-refractivity contribution in [2.45, 2.75) is 18.1 Å². The number of aliphatic hydroxyl groups is 2. The van der Waals surface area contributed by atoms with Crippen molar-refractivity contribution in [2.24, 2.45) is 0 Å². The largest absolute Gasteiger partial charge is 0.388 e. The first-order valence-electron chi connectivity index (χ1n) is 7.17. The molecule has 2 aromatic rings. The number of hydrogen-bond acceptors (Lipinski definition) is 3. The standard InChI is InChI=1S/C18H23NO2/c1-19(2)14-17(20)18(21,16-11-7-4-8-12-16)13-15-9-5-3-6-10-15/h3-12,17,20-21H,13-14H2,1-2H3/t17-,18+/m1/s1. The van der Waals surface area contributed by atoms with Crippen LogP contribution in [-0.2, 0) is 12.0 Å². The average molecular weight is 285 g/mol. The van der Waals surface area contributed by atoms with Crippen LogP contribution in [0, 0.1) is 0 Å². The minimum absolute atomic E-state index is 0.382. The molecule has 21 heavy (non-hydrogen) atoms. The van der Waals surface area contributed by atoms with Crippen molar-refractivity contribution in [1.29, 1.82) is 0 Å². The second-order valence-electron chi connectivity index (χ2n) is 5.73. The zero-order valence-corrected chi connectivity index (χ0v) is 12.6. The number of hydrogen-bond donors (Lipinski definition) is 2. The highest BCUT2D eigenvalue weighted by atomic mass is 16.3. The normalized spacial score (nSPS) is 15.7. The highest BCUT2D eigenvalue weighted by Crippen LogP contribution is 2.30. The topological polar surface area (TPSA) is 43.7 Å². The van der Waals surface area contributed by atoms with E-state index in [0.717, 1.165) is 11.1 Å². The molecule has 0 aliphatic carbocycles. The van der Waals surface area contributed by atoms with E-state index >= 15 is 0 Å². The van der Waals surface area contributed by atoms with Gasteiger partial charge in [0, 0.05) is 13.0 Å². The predicted molar refractivity (Wildman–Crippen MR) is 85.0 cm³/mol. The number of benzene rings is 2. The van der Waals surface area contributed by atoms with Crippen LogP contribution in [0.1, 0.15) is 11.1 Å². The van der Waals surface area contributed by atoms with Gasteiger partial charge in [0.25, 0.3) is 0 Å². The second-order valence-corrected chi connectivity index (χ2v) is 5.73. The highest BCUT2D eigenvalue weighted by Gasteiger charge is 2.37. The second kappa shape index (κ2) is 6.85. The van der Waals surface area contributed by atoms with Crippen molar-refractivity contribution in [3.63, 3.8) is 0 Å². The lowest BCUT2D eigenvalue weighted by Crippen LogP contribution is -2.46. The molecule has 0 aromatic heterocycles. The Labute approximate surface area is 126 Å². The van der Waals surface area contributed by atoms with Crippen LogP contribution in [0.3, 0.4) is 0 Å².